The zero-order valence-corrected chi connectivity index (χ0v) is 17.6. The van der Waals surface area contributed by atoms with Crippen LogP contribution in [0.25, 0.3) is 0 Å². The summed E-state index contributed by atoms with van der Waals surface area (Å²) in [5.74, 6) is 2.12. The summed E-state index contributed by atoms with van der Waals surface area (Å²) in [6, 6.07) is 9.01. The minimum Gasteiger partial charge on any atom is -0.453 e. The van der Waals surface area contributed by atoms with Gasteiger partial charge in [0.2, 0.25) is 5.91 Å². The second-order valence-electron chi connectivity index (χ2n) is 10.3. The number of piperidine rings is 1. The number of nitrogens with one attached hydrogen (secondary N) is 1. The third-order valence-corrected chi connectivity index (χ3v) is 6.98. The number of methoxy groups -OCH3 is 1. The van der Waals surface area contributed by atoms with E-state index in [1.165, 1.54) is 18.2 Å². The Hall–Kier alpha value is -2.04. The number of alkyl carbamates (subject to hydrolysis) is 1. The molecule has 0 bridgehead atoms. The van der Waals surface area contributed by atoms with E-state index in [4.69, 9.17) is 0 Å². The molecule has 1 heterocycles. The Bertz CT molecular complexity index is 779. The highest BCUT2D eigenvalue weighted by Gasteiger charge is 2.58. The van der Waals surface area contributed by atoms with E-state index in [0.29, 0.717) is 30.6 Å². The number of rotatable bonds is 3. The Morgan fingerprint density at radius 2 is 1.82 bits per heavy atom. The molecular formula is C23H32N2O3. The lowest BCUT2D eigenvalue weighted by molar-refractivity contribution is -0.140. The summed E-state index contributed by atoms with van der Waals surface area (Å²) in [5, 5.41) is 2.85. The van der Waals surface area contributed by atoms with E-state index in [1.807, 2.05) is 6.92 Å². The van der Waals surface area contributed by atoms with Gasteiger partial charge in [-0.1, -0.05) is 45.0 Å². The van der Waals surface area contributed by atoms with Crippen LogP contribution in [0, 0.1) is 17.8 Å². The van der Waals surface area contributed by atoms with E-state index >= 15 is 0 Å². The number of benzene rings is 1. The highest BCUT2D eigenvalue weighted by molar-refractivity contribution is 5.81. The summed E-state index contributed by atoms with van der Waals surface area (Å²) >= 11 is 0. The molecule has 0 aromatic heterocycles. The predicted octanol–water partition coefficient (Wildman–Crippen LogP) is 3.68. The maximum absolute atomic E-state index is 12.8. The molecule has 3 atom stereocenters. The number of amides is 2. The molecule has 0 radical (unpaired) electrons. The first-order valence-corrected chi connectivity index (χ1v) is 10.4. The highest BCUT2D eigenvalue weighted by atomic mass is 16.5. The van der Waals surface area contributed by atoms with Crippen molar-refractivity contribution in [3.63, 3.8) is 0 Å². The molecule has 1 aliphatic heterocycles. The van der Waals surface area contributed by atoms with Gasteiger partial charge in [0.25, 0.3) is 0 Å². The zero-order chi connectivity index (χ0) is 20.3. The molecule has 0 unspecified atom stereocenters. The number of ether oxygens (including phenoxy) is 1. The first kappa shape index (κ1) is 19.3. The van der Waals surface area contributed by atoms with Crippen molar-refractivity contribution in [2.24, 2.45) is 17.8 Å². The van der Waals surface area contributed by atoms with Crippen LogP contribution in [0.1, 0.15) is 57.6 Å². The number of carbonyl (C=O) groups excluding carboxylic acids is 2. The Morgan fingerprint density at radius 3 is 2.39 bits per heavy atom. The molecule has 1 aromatic carbocycles. The topological polar surface area (TPSA) is 58.6 Å². The fraction of sp³-hybridized carbons (Fsp3) is 0.652. The van der Waals surface area contributed by atoms with Crippen molar-refractivity contribution < 1.29 is 14.3 Å². The Morgan fingerprint density at radius 1 is 1.18 bits per heavy atom. The molecule has 2 saturated carbocycles. The van der Waals surface area contributed by atoms with E-state index in [0.717, 1.165) is 13.1 Å². The van der Waals surface area contributed by atoms with Gasteiger partial charge in [0.05, 0.1) is 7.11 Å². The number of fused-ring (bicyclic) bond motifs is 1. The molecule has 3 aliphatic rings. The molecule has 5 nitrogen and oxygen atoms in total. The predicted molar refractivity (Wildman–Crippen MR) is 108 cm³/mol. The largest absolute Gasteiger partial charge is 0.453 e. The molecule has 1 aromatic rings. The van der Waals surface area contributed by atoms with Crippen molar-refractivity contribution in [2.45, 2.75) is 57.4 Å². The molecule has 2 aliphatic carbocycles. The van der Waals surface area contributed by atoms with E-state index in [-0.39, 0.29) is 22.8 Å². The van der Waals surface area contributed by atoms with Crippen LogP contribution in [0.3, 0.4) is 0 Å². The molecule has 152 valence electrons. The van der Waals surface area contributed by atoms with Gasteiger partial charge in [-0.25, -0.2) is 4.79 Å². The summed E-state index contributed by atoms with van der Waals surface area (Å²) in [6.45, 7) is 10.5. The number of nitrogens with zero attached hydrogens (tertiary/aromatic N) is 1. The van der Waals surface area contributed by atoms with Crippen LogP contribution in [-0.2, 0) is 14.9 Å². The Kier molecular flexibility index (Phi) is 4.48. The minimum atomic E-state index is -0.420. The van der Waals surface area contributed by atoms with Crippen LogP contribution < -0.4 is 5.32 Å². The monoisotopic (exact) mass is 384 g/mol. The van der Waals surface area contributed by atoms with E-state index in [9.17, 15) is 9.59 Å². The second kappa shape index (κ2) is 6.50. The summed E-state index contributed by atoms with van der Waals surface area (Å²) < 4.78 is 4.67. The second-order valence-corrected chi connectivity index (χ2v) is 10.3. The van der Waals surface area contributed by atoms with Crippen molar-refractivity contribution in [1.29, 1.82) is 0 Å². The summed E-state index contributed by atoms with van der Waals surface area (Å²) in [7, 11) is 1.37. The molecule has 2 amide bonds. The van der Waals surface area contributed by atoms with Crippen LogP contribution >= 0.6 is 0 Å². The van der Waals surface area contributed by atoms with Crippen molar-refractivity contribution in [1.82, 2.24) is 10.2 Å². The van der Waals surface area contributed by atoms with E-state index < -0.39 is 6.09 Å². The fourth-order valence-corrected chi connectivity index (χ4v) is 5.27. The van der Waals surface area contributed by atoms with Crippen molar-refractivity contribution in [2.75, 3.05) is 20.2 Å². The van der Waals surface area contributed by atoms with Gasteiger partial charge in [-0.15, -0.1) is 0 Å². The zero-order valence-electron chi connectivity index (χ0n) is 17.6. The van der Waals surface area contributed by atoms with Gasteiger partial charge in [-0.05, 0) is 54.1 Å². The first-order chi connectivity index (χ1) is 13.1. The van der Waals surface area contributed by atoms with Gasteiger partial charge in [0.1, 0.15) is 0 Å². The molecule has 3 fully saturated rings. The number of likely N-dealkylation sites (tertiary alicyclic amines) is 1. The molecule has 5 heteroatoms. The summed E-state index contributed by atoms with van der Waals surface area (Å²) in [5.41, 5.74) is 2.67. The molecule has 4 rings (SSSR count). The van der Waals surface area contributed by atoms with Crippen LogP contribution in [0.4, 0.5) is 4.79 Å². The van der Waals surface area contributed by atoms with Crippen molar-refractivity contribution in [3.05, 3.63) is 35.4 Å². The SMILES string of the molecule is COC(=O)N[C@]1(C)C[C@H](C(=O)N2C[C@@H]3[C@H](C2)[C@H]3c2cccc(C(C)(C)C)c2)C1. The van der Waals surface area contributed by atoms with Crippen LogP contribution in [0.2, 0.25) is 0 Å². The normalized spacial score (nSPS) is 33.7. The smallest absolute Gasteiger partial charge is 0.407 e. The number of carbonyl (C=O) groups is 2. The molecule has 1 N–H and O–H groups in total. The van der Waals surface area contributed by atoms with Crippen molar-refractivity contribution >= 4 is 12.0 Å². The molecule has 0 spiro atoms. The van der Waals surface area contributed by atoms with E-state index in [2.05, 4.69) is 60.0 Å². The van der Waals surface area contributed by atoms with Crippen LogP contribution in [0.15, 0.2) is 24.3 Å². The molecule has 1 saturated heterocycles. The fourth-order valence-electron chi connectivity index (χ4n) is 5.27. The van der Waals surface area contributed by atoms with E-state index in [1.54, 1.807) is 0 Å². The van der Waals surface area contributed by atoms with Gasteiger partial charge < -0.3 is 15.0 Å². The third kappa shape index (κ3) is 3.40. The van der Waals surface area contributed by atoms with Gasteiger partial charge in [-0.3, -0.25) is 4.79 Å². The number of hydrogen-bond donors (Lipinski definition) is 1. The maximum Gasteiger partial charge on any atom is 0.407 e. The molecular weight excluding hydrogens is 352 g/mol. The lowest BCUT2D eigenvalue weighted by atomic mass is 9.69. The Balaban J connectivity index is 1.31. The lowest BCUT2D eigenvalue weighted by Crippen LogP contribution is -2.58. The average Bonchev–Trinajstić information content (AvgIpc) is 3.11. The van der Waals surface area contributed by atoms with Crippen LogP contribution in [-0.4, -0.2) is 42.6 Å². The quantitative estimate of drug-likeness (QED) is 0.865. The van der Waals surface area contributed by atoms with Crippen molar-refractivity contribution in [3.8, 4) is 0 Å². The average molecular weight is 385 g/mol. The first-order valence-electron chi connectivity index (χ1n) is 10.4. The third-order valence-electron chi connectivity index (χ3n) is 6.98. The highest BCUT2D eigenvalue weighted by Crippen LogP contribution is 2.59. The summed E-state index contributed by atoms with van der Waals surface area (Å²) in [6.07, 6.45) is 0.976. The van der Waals surface area contributed by atoms with Crippen LogP contribution in [0.5, 0.6) is 0 Å². The molecule has 28 heavy (non-hydrogen) atoms. The minimum absolute atomic E-state index is 0.0299. The van der Waals surface area contributed by atoms with Gasteiger partial charge >= 0.3 is 6.09 Å². The summed E-state index contributed by atoms with van der Waals surface area (Å²) in [4.78, 5) is 26.3. The maximum atomic E-state index is 12.8. The van der Waals surface area contributed by atoms with Gasteiger partial charge in [-0.2, -0.15) is 0 Å². The van der Waals surface area contributed by atoms with Gasteiger partial charge in [0.15, 0.2) is 0 Å². The van der Waals surface area contributed by atoms with Gasteiger partial charge in [0, 0.05) is 24.5 Å². The number of hydrogen-bond acceptors (Lipinski definition) is 3. The standard InChI is InChI=1S/C23H32N2O3/c1-22(2,3)16-8-6-7-14(9-16)19-17-12-25(13-18(17)19)20(26)15-10-23(4,11-15)24-21(27)28-5/h6-9,15,17-19H,10-13H2,1-5H3,(H,24,27)/t15-,17-,18+,19+,23+. The Labute approximate surface area is 167 Å². The lowest BCUT2D eigenvalue weighted by Gasteiger charge is -2.45.